The molecule has 2 N–H and O–H groups in total. The molecule has 0 saturated carbocycles. The van der Waals surface area contributed by atoms with Crippen molar-refractivity contribution in [3.05, 3.63) is 23.8 Å². The van der Waals surface area contributed by atoms with Gasteiger partial charge in [0, 0.05) is 12.1 Å². The SMILES string of the molecule is Br.CC1Cc2cc(N)ccc2O1. The predicted molar refractivity (Wildman–Crippen MR) is 55.0 cm³/mol. The first-order chi connectivity index (χ1) is 5.25. The fourth-order valence-electron chi connectivity index (χ4n) is 1.44. The molecule has 3 heteroatoms. The highest BCUT2D eigenvalue weighted by Gasteiger charge is 2.17. The van der Waals surface area contributed by atoms with E-state index < -0.39 is 0 Å². The molecule has 0 fully saturated rings. The highest BCUT2D eigenvalue weighted by Crippen LogP contribution is 2.29. The third-order valence-corrected chi connectivity index (χ3v) is 1.92. The number of benzene rings is 1. The Morgan fingerprint density at radius 3 is 3.00 bits per heavy atom. The maximum atomic E-state index is 5.62. The molecule has 0 aromatic heterocycles. The van der Waals surface area contributed by atoms with E-state index in [9.17, 15) is 0 Å². The summed E-state index contributed by atoms with van der Waals surface area (Å²) >= 11 is 0. The van der Waals surface area contributed by atoms with Crippen molar-refractivity contribution in [1.82, 2.24) is 0 Å². The van der Waals surface area contributed by atoms with Crippen molar-refractivity contribution in [3.8, 4) is 5.75 Å². The number of ether oxygens (including phenoxy) is 1. The van der Waals surface area contributed by atoms with Crippen LogP contribution in [-0.4, -0.2) is 6.10 Å². The molecule has 1 heterocycles. The van der Waals surface area contributed by atoms with E-state index in [1.807, 2.05) is 18.2 Å². The zero-order valence-corrected chi connectivity index (χ0v) is 8.62. The first kappa shape index (κ1) is 9.39. The van der Waals surface area contributed by atoms with E-state index in [1.165, 1.54) is 5.56 Å². The molecule has 0 amide bonds. The van der Waals surface area contributed by atoms with Gasteiger partial charge in [0.1, 0.15) is 11.9 Å². The van der Waals surface area contributed by atoms with Crippen LogP contribution in [0.2, 0.25) is 0 Å². The summed E-state index contributed by atoms with van der Waals surface area (Å²) in [6.45, 7) is 2.07. The number of nitrogen functional groups attached to an aromatic ring is 1. The topological polar surface area (TPSA) is 35.2 Å². The van der Waals surface area contributed by atoms with E-state index in [4.69, 9.17) is 10.5 Å². The lowest BCUT2D eigenvalue weighted by atomic mass is 10.1. The van der Waals surface area contributed by atoms with Gasteiger partial charge in [0.15, 0.2) is 0 Å². The summed E-state index contributed by atoms with van der Waals surface area (Å²) in [5.74, 6) is 0.992. The Morgan fingerprint density at radius 1 is 1.50 bits per heavy atom. The lowest BCUT2D eigenvalue weighted by Gasteiger charge is -2.01. The van der Waals surface area contributed by atoms with Gasteiger partial charge >= 0.3 is 0 Å². The van der Waals surface area contributed by atoms with Crippen molar-refractivity contribution in [1.29, 1.82) is 0 Å². The minimum atomic E-state index is 0. The van der Waals surface area contributed by atoms with Crippen LogP contribution in [0.4, 0.5) is 5.69 Å². The highest BCUT2D eigenvalue weighted by molar-refractivity contribution is 8.93. The third-order valence-electron chi connectivity index (χ3n) is 1.92. The van der Waals surface area contributed by atoms with Gasteiger partial charge in [-0.2, -0.15) is 0 Å². The Balaban J connectivity index is 0.000000720. The fourth-order valence-corrected chi connectivity index (χ4v) is 1.44. The van der Waals surface area contributed by atoms with Crippen molar-refractivity contribution in [2.24, 2.45) is 0 Å². The second-order valence-corrected chi connectivity index (χ2v) is 3.00. The lowest BCUT2D eigenvalue weighted by molar-refractivity contribution is 0.254. The van der Waals surface area contributed by atoms with Crippen LogP contribution in [0.3, 0.4) is 0 Å². The Morgan fingerprint density at radius 2 is 2.25 bits per heavy atom. The normalized spacial score (nSPS) is 19.2. The van der Waals surface area contributed by atoms with E-state index in [-0.39, 0.29) is 17.0 Å². The van der Waals surface area contributed by atoms with Crippen LogP contribution < -0.4 is 10.5 Å². The van der Waals surface area contributed by atoms with Crippen LogP contribution in [0.5, 0.6) is 5.75 Å². The number of hydrogen-bond donors (Lipinski definition) is 1. The molecule has 66 valence electrons. The average molecular weight is 230 g/mol. The van der Waals surface area contributed by atoms with Crippen molar-refractivity contribution < 1.29 is 4.74 Å². The van der Waals surface area contributed by atoms with Gasteiger partial charge in [0.2, 0.25) is 0 Å². The van der Waals surface area contributed by atoms with E-state index in [0.717, 1.165) is 17.9 Å². The van der Waals surface area contributed by atoms with Crippen LogP contribution in [0.25, 0.3) is 0 Å². The quantitative estimate of drug-likeness (QED) is 0.693. The molecule has 1 atom stereocenters. The molecule has 1 aliphatic heterocycles. The molecule has 12 heavy (non-hydrogen) atoms. The molecule has 0 aliphatic carbocycles. The summed E-state index contributed by atoms with van der Waals surface area (Å²) in [6, 6.07) is 5.80. The predicted octanol–water partition coefficient (Wildman–Crippen LogP) is 2.17. The minimum absolute atomic E-state index is 0. The molecule has 1 aliphatic rings. The van der Waals surface area contributed by atoms with Gasteiger partial charge in [0.25, 0.3) is 0 Å². The second-order valence-electron chi connectivity index (χ2n) is 3.00. The monoisotopic (exact) mass is 229 g/mol. The van der Waals surface area contributed by atoms with Gasteiger partial charge in [-0.25, -0.2) is 0 Å². The van der Waals surface area contributed by atoms with E-state index in [0.29, 0.717) is 6.10 Å². The van der Waals surface area contributed by atoms with Crippen LogP contribution in [0.1, 0.15) is 12.5 Å². The van der Waals surface area contributed by atoms with Crippen LogP contribution in [0.15, 0.2) is 18.2 Å². The van der Waals surface area contributed by atoms with Gasteiger partial charge in [-0.3, -0.25) is 0 Å². The molecular weight excluding hydrogens is 218 g/mol. The number of hydrogen-bond acceptors (Lipinski definition) is 2. The minimum Gasteiger partial charge on any atom is -0.490 e. The van der Waals surface area contributed by atoms with E-state index in [2.05, 4.69) is 6.92 Å². The Hall–Kier alpha value is -0.700. The summed E-state index contributed by atoms with van der Waals surface area (Å²) in [4.78, 5) is 0. The molecule has 0 radical (unpaired) electrons. The first-order valence-corrected chi connectivity index (χ1v) is 3.81. The van der Waals surface area contributed by atoms with Crippen LogP contribution in [-0.2, 0) is 6.42 Å². The zero-order valence-electron chi connectivity index (χ0n) is 6.91. The van der Waals surface area contributed by atoms with Crippen molar-refractivity contribution >= 4 is 22.7 Å². The zero-order chi connectivity index (χ0) is 7.84. The number of nitrogens with two attached hydrogens (primary N) is 1. The number of fused-ring (bicyclic) bond motifs is 1. The molecule has 0 saturated heterocycles. The van der Waals surface area contributed by atoms with E-state index >= 15 is 0 Å². The molecule has 2 nitrogen and oxygen atoms in total. The number of rotatable bonds is 0. The summed E-state index contributed by atoms with van der Waals surface area (Å²) in [6.07, 6.45) is 1.30. The summed E-state index contributed by atoms with van der Waals surface area (Å²) in [5, 5.41) is 0. The van der Waals surface area contributed by atoms with Gasteiger partial charge in [0.05, 0.1) is 0 Å². The lowest BCUT2D eigenvalue weighted by Crippen LogP contribution is -2.05. The first-order valence-electron chi connectivity index (χ1n) is 3.81. The molecule has 0 spiro atoms. The van der Waals surface area contributed by atoms with Crippen molar-refractivity contribution in [2.75, 3.05) is 5.73 Å². The number of halogens is 1. The van der Waals surface area contributed by atoms with Gasteiger partial charge in [-0.15, -0.1) is 17.0 Å². The summed E-state index contributed by atoms with van der Waals surface area (Å²) in [5.41, 5.74) is 7.68. The van der Waals surface area contributed by atoms with E-state index in [1.54, 1.807) is 0 Å². The maximum absolute atomic E-state index is 5.62. The van der Waals surface area contributed by atoms with Gasteiger partial charge in [-0.1, -0.05) is 0 Å². The van der Waals surface area contributed by atoms with Crippen molar-refractivity contribution in [3.63, 3.8) is 0 Å². The second kappa shape index (κ2) is 3.35. The molecule has 1 aromatic rings. The Bertz CT molecular complexity index is 288. The van der Waals surface area contributed by atoms with Gasteiger partial charge in [-0.05, 0) is 30.7 Å². The summed E-state index contributed by atoms with van der Waals surface area (Å²) < 4.78 is 5.51. The van der Waals surface area contributed by atoms with Crippen LogP contribution in [0, 0.1) is 0 Å². The van der Waals surface area contributed by atoms with Crippen LogP contribution >= 0.6 is 17.0 Å². The molecular formula is C9H12BrNO. The highest BCUT2D eigenvalue weighted by atomic mass is 79.9. The molecule has 1 aromatic carbocycles. The molecule has 0 bridgehead atoms. The average Bonchev–Trinajstić information content (AvgIpc) is 2.27. The standard InChI is InChI=1S/C9H11NO.BrH/c1-6-4-7-5-8(10)2-3-9(7)11-6;/h2-3,5-6H,4,10H2,1H3;1H. The largest absolute Gasteiger partial charge is 0.490 e. The number of anilines is 1. The Kier molecular flexibility index (Phi) is 2.62. The fraction of sp³-hybridized carbons (Fsp3) is 0.333. The maximum Gasteiger partial charge on any atom is 0.123 e. The Labute approximate surface area is 82.5 Å². The third kappa shape index (κ3) is 1.55. The molecule has 2 rings (SSSR count). The molecule has 1 unspecified atom stereocenters. The smallest absolute Gasteiger partial charge is 0.123 e. The van der Waals surface area contributed by atoms with Crippen molar-refractivity contribution in [2.45, 2.75) is 19.4 Å². The van der Waals surface area contributed by atoms with Gasteiger partial charge < -0.3 is 10.5 Å². The summed E-state index contributed by atoms with van der Waals surface area (Å²) in [7, 11) is 0.